The molecule has 0 bridgehead atoms. The number of thiol groups is 1. The number of benzene rings is 1. The highest BCUT2D eigenvalue weighted by Gasteiger charge is 2.32. The molecule has 1 atom stereocenters. The number of anilines is 2. The largest absolute Gasteiger partial charge is 0.397 e. The predicted octanol–water partition coefficient (Wildman–Crippen LogP) is 1.83. The average molecular weight is 258 g/mol. The molecule has 92 valence electrons. The first-order chi connectivity index (χ1) is 8.02. The Bertz CT molecular complexity index is 444. The Morgan fingerprint density at radius 3 is 2.71 bits per heavy atom. The molecular weight excluding hydrogens is 246 g/mol. The van der Waals surface area contributed by atoms with Crippen LogP contribution in [0.2, 0.25) is 0 Å². The van der Waals surface area contributed by atoms with E-state index in [4.69, 9.17) is 5.73 Å². The number of hydrogen-bond donors (Lipinski definition) is 2. The lowest BCUT2D eigenvalue weighted by Crippen LogP contribution is -2.26. The summed E-state index contributed by atoms with van der Waals surface area (Å²) >= 11 is 4.11. The van der Waals surface area contributed by atoms with Crippen molar-refractivity contribution in [3.63, 3.8) is 0 Å². The van der Waals surface area contributed by atoms with Crippen LogP contribution < -0.4 is 10.6 Å². The minimum Gasteiger partial charge on any atom is -0.397 e. The maximum absolute atomic E-state index is 13.6. The Labute approximate surface area is 103 Å². The van der Waals surface area contributed by atoms with Gasteiger partial charge in [-0.2, -0.15) is 12.6 Å². The lowest BCUT2D eigenvalue weighted by molar-refractivity contribution is -0.117. The van der Waals surface area contributed by atoms with Crippen molar-refractivity contribution in [2.45, 2.75) is 6.42 Å². The molecule has 6 heteroatoms. The molecule has 1 aliphatic heterocycles. The normalized spacial score (nSPS) is 20.1. The van der Waals surface area contributed by atoms with Crippen molar-refractivity contribution in [3.05, 3.63) is 23.8 Å². The maximum Gasteiger partial charge on any atom is 0.227 e. The lowest BCUT2D eigenvalue weighted by Gasteiger charge is -2.19. The molecule has 1 amide bonds. The SMILES string of the molecule is Nc1cc(F)cc(F)c1N1CC(CS)CC1=O. The third-order valence-electron chi connectivity index (χ3n) is 2.79. The first kappa shape index (κ1) is 12.2. The Morgan fingerprint density at radius 2 is 2.18 bits per heavy atom. The number of hydrogen-bond acceptors (Lipinski definition) is 3. The van der Waals surface area contributed by atoms with Crippen LogP contribution in [0.1, 0.15) is 6.42 Å². The van der Waals surface area contributed by atoms with Gasteiger partial charge in [0.15, 0.2) is 5.82 Å². The molecule has 2 N–H and O–H groups in total. The number of nitrogens with two attached hydrogens (primary N) is 1. The van der Waals surface area contributed by atoms with E-state index in [9.17, 15) is 13.6 Å². The summed E-state index contributed by atoms with van der Waals surface area (Å²) in [5.74, 6) is -1.14. The first-order valence-corrected chi connectivity index (χ1v) is 5.82. The summed E-state index contributed by atoms with van der Waals surface area (Å²) in [4.78, 5) is 13.0. The van der Waals surface area contributed by atoms with Crippen LogP contribution in [-0.2, 0) is 4.79 Å². The standard InChI is InChI=1S/C11H12F2N2OS/c12-7-2-8(13)11(9(14)3-7)15-4-6(5-17)1-10(15)16/h2-3,6,17H,1,4-5,14H2. The summed E-state index contributed by atoms with van der Waals surface area (Å²) in [6.45, 7) is 0.370. The molecule has 1 aromatic rings. The van der Waals surface area contributed by atoms with Crippen LogP contribution in [0.5, 0.6) is 0 Å². The van der Waals surface area contributed by atoms with Gasteiger partial charge in [-0.25, -0.2) is 8.78 Å². The van der Waals surface area contributed by atoms with Gasteiger partial charge in [-0.1, -0.05) is 0 Å². The van der Waals surface area contributed by atoms with Gasteiger partial charge in [0, 0.05) is 19.0 Å². The van der Waals surface area contributed by atoms with Gasteiger partial charge in [-0.05, 0) is 17.7 Å². The zero-order chi connectivity index (χ0) is 12.6. The Hall–Kier alpha value is -1.30. The van der Waals surface area contributed by atoms with E-state index in [1.54, 1.807) is 0 Å². The van der Waals surface area contributed by atoms with E-state index >= 15 is 0 Å². The fourth-order valence-corrected chi connectivity index (χ4v) is 2.24. The molecule has 1 unspecified atom stereocenters. The summed E-state index contributed by atoms with van der Waals surface area (Å²) in [5, 5.41) is 0. The molecular formula is C11H12F2N2OS. The molecule has 0 saturated carbocycles. The summed E-state index contributed by atoms with van der Waals surface area (Å²) in [7, 11) is 0. The molecule has 0 aliphatic carbocycles. The minimum absolute atomic E-state index is 0.0271. The van der Waals surface area contributed by atoms with Crippen molar-refractivity contribution in [2.75, 3.05) is 22.9 Å². The smallest absolute Gasteiger partial charge is 0.227 e. The number of amides is 1. The molecule has 0 aromatic heterocycles. The number of nitrogens with zero attached hydrogens (tertiary/aromatic N) is 1. The second-order valence-electron chi connectivity index (χ2n) is 4.08. The van der Waals surface area contributed by atoms with Gasteiger partial charge in [0.25, 0.3) is 0 Å². The molecule has 1 saturated heterocycles. The Kier molecular flexibility index (Phi) is 3.24. The van der Waals surface area contributed by atoms with Crippen molar-refractivity contribution in [1.29, 1.82) is 0 Å². The van der Waals surface area contributed by atoms with Gasteiger partial charge >= 0.3 is 0 Å². The molecule has 0 spiro atoms. The third-order valence-corrected chi connectivity index (χ3v) is 3.31. The second-order valence-corrected chi connectivity index (χ2v) is 4.45. The zero-order valence-electron chi connectivity index (χ0n) is 8.99. The zero-order valence-corrected chi connectivity index (χ0v) is 9.88. The predicted molar refractivity (Wildman–Crippen MR) is 65.1 cm³/mol. The van der Waals surface area contributed by atoms with Crippen molar-refractivity contribution in [1.82, 2.24) is 0 Å². The van der Waals surface area contributed by atoms with E-state index in [0.29, 0.717) is 18.7 Å². The van der Waals surface area contributed by atoms with Crippen molar-refractivity contribution >= 4 is 29.9 Å². The number of nitrogen functional groups attached to an aromatic ring is 1. The van der Waals surface area contributed by atoms with E-state index in [0.717, 1.165) is 12.1 Å². The van der Waals surface area contributed by atoms with Crippen molar-refractivity contribution < 1.29 is 13.6 Å². The fourth-order valence-electron chi connectivity index (χ4n) is 1.99. The lowest BCUT2D eigenvalue weighted by atomic mass is 10.1. The van der Waals surface area contributed by atoms with Crippen LogP contribution in [0, 0.1) is 17.6 Å². The topological polar surface area (TPSA) is 46.3 Å². The Balaban J connectivity index is 2.38. The highest BCUT2D eigenvalue weighted by molar-refractivity contribution is 7.80. The van der Waals surface area contributed by atoms with E-state index < -0.39 is 11.6 Å². The molecule has 2 rings (SSSR count). The van der Waals surface area contributed by atoms with Crippen molar-refractivity contribution in [2.24, 2.45) is 5.92 Å². The third kappa shape index (κ3) is 2.22. The number of carbonyl (C=O) groups excluding carboxylic acids is 1. The van der Waals surface area contributed by atoms with E-state index in [-0.39, 0.29) is 23.2 Å². The monoisotopic (exact) mass is 258 g/mol. The van der Waals surface area contributed by atoms with Crippen LogP contribution >= 0.6 is 12.6 Å². The molecule has 1 heterocycles. The van der Waals surface area contributed by atoms with Crippen LogP contribution in [0.3, 0.4) is 0 Å². The van der Waals surface area contributed by atoms with Crippen LogP contribution in [-0.4, -0.2) is 18.2 Å². The highest BCUT2D eigenvalue weighted by Crippen LogP contribution is 2.33. The summed E-state index contributed by atoms with van der Waals surface area (Å²) in [6, 6.07) is 1.74. The van der Waals surface area contributed by atoms with Gasteiger partial charge in [0.1, 0.15) is 11.5 Å². The quantitative estimate of drug-likeness (QED) is 0.628. The maximum atomic E-state index is 13.6. The van der Waals surface area contributed by atoms with E-state index in [1.807, 2.05) is 0 Å². The van der Waals surface area contributed by atoms with Gasteiger partial charge in [-0.15, -0.1) is 0 Å². The number of carbonyl (C=O) groups is 1. The molecule has 17 heavy (non-hydrogen) atoms. The average Bonchev–Trinajstić information content (AvgIpc) is 2.59. The molecule has 1 aromatic carbocycles. The van der Waals surface area contributed by atoms with E-state index in [2.05, 4.69) is 12.6 Å². The second kappa shape index (κ2) is 4.52. The van der Waals surface area contributed by atoms with Crippen LogP contribution in [0.25, 0.3) is 0 Å². The van der Waals surface area contributed by atoms with Gasteiger partial charge in [-0.3, -0.25) is 4.79 Å². The molecule has 1 fully saturated rings. The molecule has 1 aliphatic rings. The summed E-state index contributed by atoms with van der Waals surface area (Å²) in [5.41, 5.74) is 5.47. The van der Waals surface area contributed by atoms with Gasteiger partial charge in [0.05, 0.1) is 5.69 Å². The number of rotatable bonds is 2. The van der Waals surface area contributed by atoms with Crippen LogP contribution in [0.15, 0.2) is 12.1 Å². The van der Waals surface area contributed by atoms with Crippen LogP contribution in [0.4, 0.5) is 20.2 Å². The van der Waals surface area contributed by atoms with Crippen molar-refractivity contribution in [3.8, 4) is 0 Å². The summed E-state index contributed by atoms with van der Waals surface area (Å²) in [6.07, 6.45) is 0.319. The minimum atomic E-state index is -0.810. The molecule has 0 radical (unpaired) electrons. The Morgan fingerprint density at radius 1 is 1.47 bits per heavy atom. The fraction of sp³-hybridized carbons (Fsp3) is 0.364. The van der Waals surface area contributed by atoms with E-state index in [1.165, 1.54) is 4.90 Å². The summed E-state index contributed by atoms with van der Waals surface area (Å²) < 4.78 is 26.5. The molecule has 3 nitrogen and oxygen atoms in total. The van der Waals surface area contributed by atoms with Gasteiger partial charge < -0.3 is 10.6 Å². The number of halogens is 2. The van der Waals surface area contributed by atoms with Gasteiger partial charge in [0.2, 0.25) is 5.91 Å². The first-order valence-electron chi connectivity index (χ1n) is 5.18. The highest BCUT2D eigenvalue weighted by atomic mass is 32.1.